The highest BCUT2D eigenvalue weighted by atomic mass is 35.5. The van der Waals surface area contributed by atoms with Crippen LogP contribution in [0.4, 0.5) is 8.78 Å². The van der Waals surface area contributed by atoms with Gasteiger partial charge in [-0.3, -0.25) is 4.90 Å². The van der Waals surface area contributed by atoms with Gasteiger partial charge in [0.25, 0.3) is 0 Å². The molecule has 1 aliphatic heterocycles. The molecule has 1 unspecified atom stereocenters. The lowest BCUT2D eigenvalue weighted by atomic mass is 9.91. The Morgan fingerprint density at radius 2 is 1.88 bits per heavy atom. The van der Waals surface area contributed by atoms with Gasteiger partial charge in [0.2, 0.25) is 0 Å². The minimum Gasteiger partial charge on any atom is -0.459 e. The van der Waals surface area contributed by atoms with E-state index in [1.807, 2.05) is 4.90 Å². The average molecular weight is 477 g/mol. The molecule has 0 aliphatic carbocycles. The molecule has 2 aromatic carbocycles. The summed E-state index contributed by atoms with van der Waals surface area (Å²) in [5.41, 5.74) is -1.26. The SMILES string of the molecule is O=C(OC1CCN(CC(O)(Cn2cncn2)c2ccc(F)cc2F)CC1)c1ccc(Cl)cc1. The molecule has 1 aliphatic rings. The number of β-amino-alcohol motifs (C(OH)–C–C–N with tert-alkyl or cyclic N) is 1. The van der Waals surface area contributed by atoms with E-state index in [4.69, 9.17) is 16.3 Å². The number of nitrogens with zero attached hydrogens (tertiary/aromatic N) is 4. The van der Waals surface area contributed by atoms with Gasteiger partial charge < -0.3 is 9.84 Å². The van der Waals surface area contributed by atoms with Crippen molar-refractivity contribution in [3.63, 3.8) is 0 Å². The highest BCUT2D eigenvalue weighted by Gasteiger charge is 2.37. The zero-order valence-electron chi connectivity index (χ0n) is 17.7. The fourth-order valence-electron chi connectivity index (χ4n) is 4.03. The fraction of sp³-hybridized carbons (Fsp3) is 0.348. The molecule has 0 radical (unpaired) electrons. The summed E-state index contributed by atoms with van der Waals surface area (Å²) in [6.45, 7) is 1.09. The number of halogens is 3. The van der Waals surface area contributed by atoms with E-state index in [1.54, 1.807) is 24.3 Å². The maximum atomic E-state index is 14.6. The molecule has 1 saturated heterocycles. The monoisotopic (exact) mass is 476 g/mol. The number of aliphatic hydroxyl groups is 1. The number of piperidine rings is 1. The largest absolute Gasteiger partial charge is 0.459 e. The van der Waals surface area contributed by atoms with Crippen LogP contribution in [-0.4, -0.2) is 56.5 Å². The molecule has 3 aromatic rings. The first-order valence-corrected chi connectivity index (χ1v) is 10.9. The molecule has 10 heteroatoms. The van der Waals surface area contributed by atoms with E-state index in [-0.39, 0.29) is 24.8 Å². The third-order valence-corrected chi connectivity index (χ3v) is 5.95. The first kappa shape index (κ1) is 23.3. The first-order chi connectivity index (χ1) is 15.8. The van der Waals surface area contributed by atoms with E-state index in [1.165, 1.54) is 23.4 Å². The van der Waals surface area contributed by atoms with Crippen LogP contribution in [0.5, 0.6) is 0 Å². The second-order valence-electron chi connectivity index (χ2n) is 8.14. The summed E-state index contributed by atoms with van der Waals surface area (Å²) in [4.78, 5) is 18.2. The topological polar surface area (TPSA) is 80.5 Å². The summed E-state index contributed by atoms with van der Waals surface area (Å²) in [5.74, 6) is -1.96. The molecule has 33 heavy (non-hydrogen) atoms. The zero-order valence-corrected chi connectivity index (χ0v) is 18.5. The van der Waals surface area contributed by atoms with Gasteiger partial charge in [-0.2, -0.15) is 5.10 Å². The van der Waals surface area contributed by atoms with Crippen molar-refractivity contribution in [3.05, 3.63) is 82.9 Å². The number of carbonyl (C=O) groups excluding carboxylic acids is 1. The minimum atomic E-state index is -1.67. The number of hydrogen-bond donors (Lipinski definition) is 1. The third-order valence-electron chi connectivity index (χ3n) is 5.70. The summed E-state index contributed by atoms with van der Waals surface area (Å²) in [6, 6.07) is 9.61. The maximum absolute atomic E-state index is 14.6. The normalized spacial score (nSPS) is 17.0. The van der Waals surface area contributed by atoms with Crippen LogP contribution in [0.15, 0.2) is 55.1 Å². The van der Waals surface area contributed by atoms with Gasteiger partial charge in [0, 0.05) is 36.3 Å². The van der Waals surface area contributed by atoms with E-state index in [9.17, 15) is 18.7 Å². The summed E-state index contributed by atoms with van der Waals surface area (Å²) in [6.07, 6.45) is 3.60. The Morgan fingerprint density at radius 3 is 2.52 bits per heavy atom. The minimum absolute atomic E-state index is 0.0179. The lowest BCUT2D eigenvalue weighted by Crippen LogP contribution is -2.48. The Morgan fingerprint density at radius 1 is 1.15 bits per heavy atom. The number of likely N-dealkylation sites (tertiary alicyclic amines) is 1. The summed E-state index contributed by atoms with van der Waals surface area (Å²) in [7, 11) is 0. The number of benzene rings is 2. The Kier molecular flexibility index (Phi) is 7.02. The number of ether oxygens (including phenoxy) is 1. The molecular formula is C23H23ClF2N4O3. The molecule has 1 atom stereocenters. The Hall–Kier alpha value is -2.88. The highest BCUT2D eigenvalue weighted by molar-refractivity contribution is 6.30. The van der Waals surface area contributed by atoms with Gasteiger partial charge in [0.1, 0.15) is 36.0 Å². The van der Waals surface area contributed by atoms with Gasteiger partial charge in [0.15, 0.2) is 0 Å². The first-order valence-electron chi connectivity index (χ1n) is 10.5. The van der Waals surface area contributed by atoms with Crippen molar-refractivity contribution >= 4 is 17.6 Å². The van der Waals surface area contributed by atoms with E-state index in [2.05, 4.69) is 10.1 Å². The van der Waals surface area contributed by atoms with Crippen LogP contribution in [0, 0.1) is 11.6 Å². The third kappa shape index (κ3) is 5.73. The van der Waals surface area contributed by atoms with Gasteiger partial charge in [-0.15, -0.1) is 0 Å². The van der Waals surface area contributed by atoms with Crippen LogP contribution < -0.4 is 0 Å². The number of carbonyl (C=O) groups is 1. The van der Waals surface area contributed by atoms with Crippen molar-refractivity contribution < 1.29 is 23.4 Å². The molecule has 0 amide bonds. The molecule has 2 heterocycles. The van der Waals surface area contributed by atoms with Crippen LogP contribution in [0.2, 0.25) is 5.02 Å². The smallest absolute Gasteiger partial charge is 0.338 e. The molecule has 0 spiro atoms. The van der Waals surface area contributed by atoms with Crippen molar-refractivity contribution in [2.24, 2.45) is 0 Å². The number of aromatic nitrogens is 3. The fourth-order valence-corrected chi connectivity index (χ4v) is 4.16. The van der Waals surface area contributed by atoms with Crippen LogP contribution in [0.1, 0.15) is 28.8 Å². The van der Waals surface area contributed by atoms with Crippen LogP contribution >= 0.6 is 11.6 Å². The summed E-state index contributed by atoms with van der Waals surface area (Å²) in [5, 5.41) is 16.0. The molecule has 1 fully saturated rings. The molecular weight excluding hydrogens is 454 g/mol. The van der Waals surface area contributed by atoms with E-state index >= 15 is 0 Å². The number of rotatable bonds is 7. The number of hydrogen-bond acceptors (Lipinski definition) is 6. The molecule has 174 valence electrons. The number of esters is 1. The van der Waals surface area contributed by atoms with Crippen LogP contribution in [-0.2, 0) is 16.9 Å². The predicted molar refractivity (Wildman–Crippen MR) is 117 cm³/mol. The highest BCUT2D eigenvalue weighted by Crippen LogP contribution is 2.29. The second kappa shape index (κ2) is 9.94. The lowest BCUT2D eigenvalue weighted by molar-refractivity contribution is -0.0396. The maximum Gasteiger partial charge on any atom is 0.338 e. The van der Waals surface area contributed by atoms with Crippen molar-refractivity contribution in [3.8, 4) is 0 Å². The second-order valence-corrected chi connectivity index (χ2v) is 8.57. The van der Waals surface area contributed by atoms with Crippen molar-refractivity contribution in [1.29, 1.82) is 0 Å². The van der Waals surface area contributed by atoms with Gasteiger partial charge in [-0.05, 0) is 43.2 Å². The quantitative estimate of drug-likeness (QED) is 0.526. The standard InChI is InChI=1S/C23H23ClF2N4O3/c24-17-3-1-16(2-4-17)22(31)33-19-7-9-29(10-8-19)12-23(32,13-30-15-27-14-28-30)20-6-5-18(25)11-21(20)26/h1-6,11,14-15,19,32H,7-10,12-13H2. The van der Waals surface area contributed by atoms with Gasteiger partial charge in [-0.25, -0.2) is 23.2 Å². The summed E-state index contributed by atoms with van der Waals surface area (Å²) >= 11 is 5.85. The van der Waals surface area contributed by atoms with Gasteiger partial charge in [-0.1, -0.05) is 17.7 Å². The van der Waals surface area contributed by atoms with Crippen LogP contribution in [0.25, 0.3) is 0 Å². The Balaban J connectivity index is 1.41. The molecule has 0 bridgehead atoms. The average Bonchev–Trinajstić information content (AvgIpc) is 3.28. The molecule has 0 saturated carbocycles. The predicted octanol–water partition coefficient (Wildman–Crippen LogP) is 3.42. The van der Waals surface area contributed by atoms with Crippen molar-refractivity contribution in [2.45, 2.75) is 31.1 Å². The molecule has 4 rings (SSSR count). The van der Waals surface area contributed by atoms with Crippen molar-refractivity contribution in [1.82, 2.24) is 19.7 Å². The summed E-state index contributed by atoms with van der Waals surface area (Å²) < 4.78 is 35.1. The molecule has 1 aromatic heterocycles. The van der Waals surface area contributed by atoms with Gasteiger partial charge >= 0.3 is 5.97 Å². The van der Waals surface area contributed by atoms with Crippen LogP contribution in [0.3, 0.4) is 0 Å². The Bertz CT molecular complexity index is 1090. The molecule has 1 N–H and O–H groups in total. The Labute approximate surface area is 194 Å². The van der Waals surface area contributed by atoms with Gasteiger partial charge in [0.05, 0.1) is 12.1 Å². The van der Waals surface area contributed by atoms with E-state index < -0.39 is 23.2 Å². The lowest BCUT2D eigenvalue weighted by Gasteiger charge is -2.38. The van der Waals surface area contributed by atoms with E-state index in [0.29, 0.717) is 36.5 Å². The van der Waals surface area contributed by atoms with Crippen molar-refractivity contribution in [2.75, 3.05) is 19.6 Å². The molecule has 7 nitrogen and oxygen atoms in total. The van der Waals surface area contributed by atoms with E-state index in [0.717, 1.165) is 12.1 Å². The zero-order chi connectivity index (χ0) is 23.4.